The molecule has 0 aliphatic carbocycles. The highest BCUT2D eigenvalue weighted by Crippen LogP contribution is 2.33. The van der Waals surface area contributed by atoms with E-state index in [9.17, 15) is 10.2 Å². The molecular formula is C13H18O2. The summed E-state index contributed by atoms with van der Waals surface area (Å²) >= 11 is 0. The van der Waals surface area contributed by atoms with Gasteiger partial charge >= 0.3 is 0 Å². The Morgan fingerprint density at radius 3 is 2.20 bits per heavy atom. The van der Waals surface area contributed by atoms with Gasteiger partial charge in [-0.1, -0.05) is 19.9 Å². The Labute approximate surface area is 90.9 Å². The minimum atomic E-state index is -0.0651. The third-order valence-corrected chi connectivity index (χ3v) is 2.66. The van der Waals surface area contributed by atoms with Crippen molar-refractivity contribution < 1.29 is 10.2 Å². The molecule has 0 unspecified atom stereocenters. The molecule has 0 spiro atoms. The van der Waals surface area contributed by atoms with E-state index < -0.39 is 0 Å². The average molecular weight is 206 g/mol. The quantitative estimate of drug-likeness (QED) is 0.742. The van der Waals surface area contributed by atoms with Gasteiger partial charge in [-0.15, -0.1) is 6.58 Å². The van der Waals surface area contributed by atoms with E-state index >= 15 is 0 Å². The first-order valence-electron chi connectivity index (χ1n) is 5.10. The predicted molar refractivity (Wildman–Crippen MR) is 62.2 cm³/mol. The molecular weight excluding hydrogens is 188 g/mol. The molecule has 0 saturated carbocycles. The number of allylic oxidation sites excluding steroid dienone is 1. The van der Waals surface area contributed by atoms with Crippen molar-refractivity contribution in [1.29, 1.82) is 0 Å². The third kappa shape index (κ3) is 3.01. The average Bonchev–Trinajstić information content (AvgIpc) is 2.13. The number of aromatic hydroxyl groups is 2. The van der Waals surface area contributed by atoms with E-state index in [4.69, 9.17) is 0 Å². The molecule has 2 nitrogen and oxygen atoms in total. The molecule has 82 valence electrons. The van der Waals surface area contributed by atoms with Crippen molar-refractivity contribution in [1.82, 2.24) is 0 Å². The monoisotopic (exact) mass is 206 g/mol. The topological polar surface area (TPSA) is 40.5 Å². The van der Waals surface area contributed by atoms with Gasteiger partial charge < -0.3 is 10.2 Å². The summed E-state index contributed by atoms with van der Waals surface area (Å²) in [5, 5.41) is 18.8. The summed E-state index contributed by atoms with van der Waals surface area (Å²) in [7, 11) is 0. The van der Waals surface area contributed by atoms with Crippen molar-refractivity contribution in [3.05, 3.63) is 36.4 Å². The van der Waals surface area contributed by atoms with Crippen LogP contribution in [0.2, 0.25) is 0 Å². The van der Waals surface area contributed by atoms with Crippen molar-refractivity contribution >= 4 is 0 Å². The second kappa shape index (κ2) is 4.39. The van der Waals surface area contributed by atoms with Crippen LogP contribution in [0.4, 0.5) is 0 Å². The highest BCUT2D eigenvalue weighted by Gasteiger charge is 2.20. The molecule has 0 heterocycles. The molecule has 0 amide bonds. The Kier molecular flexibility index (Phi) is 3.40. The van der Waals surface area contributed by atoms with Crippen LogP contribution in [0.5, 0.6) is 11.5 Å². The lowest BCUT2D eigenvalue weighted by Gasteiger charge is -2.25. The van der Waals surface area contributed by atoms with Crippen LogP contribution in [0.25, 0.3) is 0 Å². The van der Waals surface area contributed by atoms with Crippen molar-refractivity contribution in [2.24, 2.45) is 0 Å². The summed E-state index contributed by atoms with van der Waals surface area (Å²) in [6.07, 6.45) is 3.74. The Hall–Kier alpha value is -1.44. The molecule has 0 bridgehead atoms. The van der Waals surface area contributed by atoms with E-state index in [2.05, 4.69) is 20.4 Å². The Morgan fingerprint density at radius 2 is 1.73 bits per heavy atom. The van der Waals surface area contributed by atoms with Gasteiger partial charge in [-0.25, -0.2) is 0 Å². The molecule has 0 aromatic heterocycles. The molecule has 0 aliphatic heterocycles. The van der Waals surface area contributed by atoms with Gasteiger partial charge in [-0.2, -0.15) is 0 Å². The van der Waals surface area contributed by atoms with Gasteiger partial charge in [0.05, 0.1) is 0 Å². The van der Waals surface area contributed by atoms with Gasteiger partial charge in [0.25, 0.3) is 0 Å². The van der Waals surface area contributed by atoms with Crippen molar-refractivity contribution in [3.63, 3.8) is 0 Å². The lowest BCUT2D eigenvalue weighted by atomic mass is 9.80. The number of benzene rings is 1. The number of hydrogen-bond donors (Lipinski definition) is 2. The van der Waals surface area contributed by atoms with E-state index in [-0.39, 0.29) is 16.9 Å². The molecule has 2 N–H and O–H groups in total. The zero-order valence-corrected chi connectivity index (χ0v) is 9.33. The molecule has 0 radical (unpaired) electrons. The maximum Gasteiger partial charge on any atom is 0.119 e. The van der Waals surface area contributed by atoms with E-state index in [0.717, 1.165) is 18.4 Å². The maximum atomic E-state index is 9.40. The van der Waals surface area contributed by atoms with Crippen molar-refractivity contribution in [2.45, 2.75) is 32.1 Å². The summed E-state index contributed by atoms with van der Waals surface area (Å²) in [5.74, 6) is 0.216. The molecule has 1 aromatic rings. The van der Waals surface area contributed by atoms with Crippen LogP contribution in [0.3, 0.4) is 0 Å². The minimum Gasteiger partial charge on any atom is -0.508 e. The maximum absolute atomic E-state index is 9.40. The standard InChI is InChI=1S/C13H18O2/c1-4-5-6-13(2,3)10-7-11(14)9-12(15)8-10/h4,7-9,14-15H,1,5-6H2,2-3H3. The Morgan fingerprint density at radius 1 is 1.20 bits per heavy atom. The largest absolute Gasteiger partial charge is 0.508 e. The van der Waals surface area contributed by atoms with Gasteiger partial charge in [0.15, 0.2) is 0 Å². The SMILES string of the molecule is C=CCCC(C)(C)c1cc(O)cc(O)c1. The van der Waals surface area contributed by atoms with Gasteiger partial charge in [0.2, 0.25) is 0 Å². The van der Waals surface area contributed by atoms with E-state index in [1.165, 1.54) is 6.07 Å². The fourth-order valence-electron chi connectivity index (χ4n) is 1.59. The van der Waals surface area contributed by atoms with Crippen LogP contribution in [0.1, 0.15) is 32.3 Å². The van der Waals surface area contributed by atoms with Crippen LogP contribution >= 0.6 is 0 Å². The van der Waals surface area contributed by atoms with Gasteiger partial charge in [-0.3, -0.25) is 0 Å². The number of hydrogen-bond acceptors (Lipinski definition) is 2. The van der Waals surface area contributed by atoms with Gasteiger partial charge in [0.1, 0.15) is 11.5 Å². The Bertz CT molecular complexity index is 333. The summed E-state index contributed by atoms with van der Waals surface area (Å²) in [6.45, 7) is 7.87. The summed E-state index contributed by atoms with van der Waals surface area (Å²) in [6, 6.07) is 4.73. The van der Waals surface area contributed by atoms with E-state index in [0.29, 0.717) is 0 Å². The lowest BCUT2D eigenvalue weighted by Crippen LogP contribution is -2.16. The smallest absolute Gasteiger partial charge is 0.119 e. The zero-order valence-electron chi connectivity index (χ0n) is 9.33. The van der Waals surface area contributed by atoms with Crippen LogP contribution in [0, 0.1) is 0 Å². The van der Waals surface area contributed by atoms with E-state index in [1.807, 2.05) is 6.08 Å². The first-order chi connectivity index (χ1) is 6.95. The molecule has 0 saturated heterocycles. The molecule has 1 aromatic carbocycles. The Balaban J connectivity index is 2.97. The predicted octanol–water partition coefficient (Wildman–Crippen LogP) is 3.34. The fourth-order valence-corrected chi connectivity index (χ4v) is 1.59. The molecule has 0 aliphatic rings. The van der Waals surface area contributed by atoms with Crippen LogP contribution in [-0.2, 0) is 5.41 Å². The summed E-state index contributed by atoms with van der Waals surface area (Å²) in [5.41, 5.74) is 0.881. The lowest BCUT2D eigenvalue weighted by molar-refractivity contribution is 0.435. The number of phenols is 2. The van der Waals surface area contributed by atoms with Crippen LogP contribution < -0.4 is 0 Å². The summed E-state index contributed by atoms with van der Waals surface area (Å²) in [4.78, 5) is 0. The van der Waals surface area contributed by atoms with Crippen LogP contribution in [-0.4, -0.2) is 10.2 Å². The second-order valence-corrected chi connectivity index (χ2v) is 4.45. The van der Waals surface area contributed by atoms with Gasteiger partial charge in [-0.05, 0) is 36.0 Å². The summed E-state index contributed by atoms with van der Waals surface area (Å²) < 4.78 is 0. The normalized spacial score (nSPS) is 11.3. The van der Waals surface area contributed by atoms with Crippen molar-refractivity contribution in [3.8, 4) is 11.5 Å². The first-order valence-corrected chi connectivity index (χ1v) is 5.10. The number of rotatable bonds is 4. The van der Waals surface area contributed by atoms with Gasteiger partial charge in [0, 0.05) is 6.07 Å². The minimum absolute atomic E-state index is 0.0651. The molecule has 2 heteroatoms. The second-order valence-electron chi connectivity index (χ2n) is 4.45. The highest BCUT2D eigenvalue weighted by atomic mass is 16.3. The highest BCUT2D eigenvalue weighted by molar-refractivity contribution is 5.39. The zero-order chi connectivity index (χ0) is 11.5. The molecule has 0 fully saturated rings. The first kappa shape index (κ1) is 11.6. The molecule has 15 heavy (non-hydrogen) atoms. The van der Waals surface area contributed by atoms with Crippen molar-refractivity contribution in [2.75, 3.05) is 0 Å². The third-order valence-electron chi connectivity index (χ3n) is 2.66. The fraction of sp³-hybridized carbons (Fsp3) is 0.385. The molecule has 0 atom stereocenters. The van der Waals surface area contributed by atoms with Crippen LogP contribution in [0.15, 0.2) is 30.9 Å². The van der Waals surface area contributed by atoms with E-state index in [1.54, 1.807) is 12.1 Å². The number of phenolic OH excluding ortho intramolecular Hbond substituents is 2. The molecule has 1 rings (SSSR count).